The van der Waals surface area contributed by atoms with Gasteiger partial charge in [-0.2, -0.15) is 0 Å². The lowest BCUT2D eigenvalue weighted by atomic mass is 10.1. The maximum absolute atomic E-state index is 6.14. The molecule has 1 heterocycles. The van der Waals surface area contributed by atoms with Crippen molar-refractivity contribution in [3.05, 3.63) is 18.2 Å². The van der Waals surface area contributed by atoms with Crippen LogP contribution in [0.15, 0.2) is 18.2 Å². The molecule has 1 aromatic rings. The van der Waals surface area contributed by atoms with Crippen LogP contribution in [0.1, 0.15) is 6.92 Å². The number of methoxy groups -OCH3 is 1. The summed E-state index contributed by atoms with van der Waals surface area (Å²) in [6, 6.07) is 6.44. The third kappa shape index (κ3) is 2.31. The fourth-order valence-electron chi connectivity index (χ4n) is 2.46. The quantitative estimate of drug-likeness (QED) is 0.787. The van der Waals surface area contributed by atoms with Crippen LogP contribution in [-0.4, -0.2) is 44.7 Å². The molecule has 1 fully saturated rings. The van der Waals surface area contributed by atoms with E-state index >= 15 is 0 Å². The van der Waals surface area contributed by atoms with E-state index in [1.165, 1.54) is 0 Å². The van der Waals surface area contributed by atoms with Crippen molar-refractivity contribution in [2.24, 2.45) is 0 Å². The van der Waals surface area contributed by atoms with E-state index in [1.54, 1.807) is 7.11 Å². The molecule has 1 atom stereocenters. The summed E-state index contributed by atoms with van der Waals surface area (Å²) in [5.74, 6) is 0.758. The van der Waals surface area contributed by atoms with Crippen LogP contribution in [0.2, 0.25) is 0 Å². The Kier molecular flexibility index (Phi) is 3.43. The lowest BCUT2D eigenvalue weighted by Crippen LogP contribution is -2.50. The molecule has 2 N–H and O–H groups in total. The maximum atomic E-state index is 6.14. The third-order valence-corrected chi connectivity index (χ3v) is 3.40. The van der Waals surface area contributed by atoms with Gasteiger partial charge in [-0.25, -0.2) is 0 Å². The summed E-state index contributed by atoms with van der Waals surface area (Å²) in [5.41, 5.74) is 7.97. The van der Waals surface area contributed by atoms with Gasteiger partial charge in [0, 0.05) is 25.7 Å². The largest absolute Gasteiger partial charge is 0.495 e. The minimum Gasteiger partial charge on any atom is -0.495 e. The number of benzene rings is 1. The summed E-state index contributed by atoms with van der Waals surface area (Å²) in [5, 5.41) is 0. The molecule has 2 rings (SSSR count). The lowest BCUT2D eigenvalue weighted by Gasteiger charge is -2.40. The predicted octanol–water partition coefficient (Wildman–Crippen LogP) is 1.42. The molecule has 0 spiro atoms. The van der Waals surface area contributed by atoms with Crippen molar-refractivity contribution in [3.63, 3.8) is 0 Å². The Labute approximate surface area is 103 Å². The van der Waals surface area contributed by atoms with Crippen molar-refractivity contribution < 1.29 is 4.74 Å². The van der Waals surface area contributed by atoms with E-state index < -0.39 is 0 Å². The highest BCUT2D eigenvalue weighted by atomic mass is 16.5. The van der Waals surface area contributed by atoms with Gasteiger partial charge in [0.25, 0.3) is 0 Å². The fourth-order valence-corrected chi connectivity index (χ4v) is 2.46. The highest BCUT2D eigenvalue weighted by Gasteiger charge is 2.23. The van der Waals surface area contributed by atoms with Crippen LogP contribution in [0.3, 0.4) is 0 Å². The van der Waals surface area contributed by atoms with Crippen molar-refractivity contribution in [1.29, 1.82) is 0 Å². The zero-order valence-corrected chi connectivity index (χ0v) is 10.8. The van der Waals surface area contributed by atoms with E-state index in [0.717, 1.165) is 36.8 Å². The summed E-state index contributed by atoms with van der Waals surface area (Å²) in [6.07, 6.45) is 0. The molecule has 4 heteroatoms. The maximum Gasteiger partial charge on any atom is 0.143 e. The van der Waals surface area contributed by atoms with Crippen molar-refractivity contribution in [3.8, 4) is 5.75 Å². The van der Waals surface area contributed by atoms with Crippen LogP contribution >= 0.6 is 0 Å². The number of piperazine rings is 1. The number of ether oxygens (including phenoxy) is 1. The molecule has 94 valence electrons. The smallest absolute Gasteiger partial charge is 0.143 e. The molecule has 4 nitrogen and oxygen atoms in total. The highest BCUT2D eigenvalue weighted by Crippen LogP contribution is 2.33. The van der Waals surface area contributed by atoms with Crippen LogP contribution in [0, 0.1) is 0 Å². The minimum atomic E-state index is 0.475. The Hall–Kier alpha value is -1.42. The predicted molar refractivity (Wildman–Crippen MR) is 71.7 cm³/mol. The number of hydrogen-bond donors (Lipinski definition) is 1. The molecule has 0 bridgehead atoms. The SMILES string of the molecule is COc1cccc(N2CCN(C)CC2C)c1N. The van der Waals surface area contributed by atoms with E-state index in [0.29, 0.717) is 6.04 Å². The summed E-state index contributed by atoms with van der Waals surface area (Å²) in [4.78, 5) is 4.70. The first-order chi connectivity index (χ1) is 8.13. The van der Waals surface area contributed by atoms with Gasteiger partial charge in [0.05, 0.1) is 18.5 Å². The van der Waals surface area contributed by atoms with Crippen molar-refractivity contribution in [2.45, 2.75) is 13.0 Å². The summed E-state index contributed by atoms with van der Waals surface area (Å²) >= 11 is 0. The molecule has 1 saturated heterocycles. The molecule has 1 aliphatic heterocycles. The Morgan fingerprint density at radius 2 is 2.12 bits per heavy atom. The van der Waals surface area contributed by atoms with Crippen LogP contribution in [0.5, 0.6) is 5.75 Å². The van der Waals surface area contributed by atoms with Gasteiger partial charge in [0.1, 0.15) is 5.75 Å². The Morgan fingerprint density at radius 1 is 1.35 bits per heavy atom. The standard InChI is InChI=1S/C13H21N3O/c1-10-9-15(2)7-8-16(10)11-5-4-6-12(17-3)13(11)14/h4-6,10H,7-9,14H2,1-3H3. The molecule has 0 aliphatic carbocycles. The normalized spacial score (nSPS) is 21.6. The number of nitrogens with two attached hydrogens (primary N) is 1. The Morgan fingerprint density at radius 3 is 2.76 bits per heavy atom. The summed E-state index contributed by atoms with van der Waals surface area (Å²) in [6.45, 7) is 5.38. The number of nitrogens with zero attached hydrogens (tertiary/aromatic N) is 2. The first-order valence-electron chi connectivity index (χ1n) is 6.01. The number of rotatable bonds is 2. The molecule has 1 aromatic carbocycles. The van der Waals surface area contributed by atoms with Gasteiger partial charge in [-0.15, -0.1) is 0 Å². The average Bonchev–Trinajstić information content (AvgIpc) is 2.30. The number of hydrogen-bond acceptors (Lipinski definition) is 4. The third-order valence-electron chi connectivity index (χ3n) is 3.40. The zero-order chi connectivity index (χ0) is 12.4. The summed E-state index contributed by atoms with van der Waals surface area (Å²) < 4.78 is 5.27. The molecule has 1 aliphatic rings. The Bertz CT molecular complexity index is 394. The van der Waals surface area contributed by atoms with E-state index in [-0.39, 0.29) is 0 Å². The molecule has 0 radical (unpaired) electrons. The first-order valence-corrected chi connectivity index (χ1v) is 6.01. The molecular formula is C13H21N3O. The van der Waals surface area contributed by atoms with Crippen molar-refractivity contribution >= 4 is 11.4 Å². The first kappa shape index (κ1) is 12.0. The average molecular weight is 235 g/mol. The van der Waals surface area contributed by atoms with Crippen LogP contribution < -0.4 is 15.4 Å². The number of para-hydroxylation sites is 1. The number of anilines is 2. The van der Waals surface area contributed by atoms with Gasteiger partial charge in [0.15, 0.2) is 0 Å². The molecule has 17 heavy (non-hydrogen) atoms. The van der Waals surface area contributed by atoms with Gasteiger partial charge in [0.2, 0.25) is 0 Å². The summed E-state index contributed by atoms with van der Waals surface area (Å²) in [7, 11) is 3.81. The van der Waals surface area contributed by atoms with Gasteiger partial charge in [-0.05, 0) is 26.1 Å². The molecule has 0 aromatic heterocycles. The van der Waals surface area contributed by atoms with Crippen molar-refractivity contribution in [1.82, 2.24) is 4.90 Å². The van der Waals surface area contributed by atoms with Gasteiger partial charge >= 0.3 is 0 Å². The highest BCUT2D eigenvalue weighted by molar-refractivity contribution is 5.74. The monoisotopic (exact) mass is 235 g/mol. The molecule has 1 unspecified atom stereocenters. The van der Waals surface area contributed by atoms with E-state index in [4.69, 9.17) is 10.5 Å². The van der Waals surface area contributed by atoms with Crippen LogP contribution in [0.25, 0.3) is 0 Å². The molecule has 0 amide bonds. The second-order valence-electron chi connectivity index (χ2n) is 4.70. The van der Waals surface area contributed by atoms with E-state index in [1.807, 2.05) is 12.1 Å². The Balaban J connectivity index is 2.28. The van der Waals surface area contributed by atoms with E-state index in [2.05, 4.69) is 29.8 Å². The fraction of sp³-hybridized carbons (Fsp3) is 0.538. The molecule has 0 saturated carbocycles. The topological polar surface area (TPSA) is 41.7 Å². The zero-order valence-electron chi connectivity index (χ0n) is 10.8. The second kappa shape index (κ2) is 4.84. The number of nitrogen functional groups attached to an aromatic ring is 1. The molecular weight excluding hydrogens is 214 g/mol. The lowest BCUT2D eigenvalue weighted by molar-refractivity contribution is 0.275. The number of likely N-dealkylation sites (N-methyl/N-ethyl adjacent to an activating group) is 1. The second-order valence-corrected chi connectivity index (χ2v) is 4.70. The van der Waals surface area contributed by atoms with Gasteiger partial charge in [-0.1, -0.05) is 6.07 Å². The van der Waals surface area contributed by atoms with Crippen molar-refractivity contribution in [2.75, 3.05) is 44.4 Å². The van der Waals surface area contributed by atoms with E-state index in [9.17, 15) is 0 Å². The van der Waals surface area contributed by atoms with Crippen LogP contribution in [-0.2, 0) is 0 Å². The minimum absolute atomic E-state index is 0.475. The van der Waals surface area contributed by atoms with Gasteiger partial charge < -0.3 is 20.3 Å². The van der Waals surface area contributed by atoms with Gasteiger partial charge in [-0.3, -0.25) is 0 Å². The van der Waals surface area contributed by atoms with Crippen LogP contribution in [0.4, 0.5) is 11.4 Å².